The lowest BCUT2D eigenvalue weighted by molar-refractivity contribution is -0.255. The van der Waals surface area contributed by atoms with Crippen LogP contribution in [0.4, 0.5) is 4.79 Å². The Hall–Kier alpha value is -3.59. The van der Waals surface area contributed by atoms with Gasteiger partial charge in [0.15, 0.2) is 0 Å². The Morgan fingerprint density at radius 2 is 1.80 bits per heavy atom. The smallest absolute Gasteiger partial charge is 0.410 e. The average Bonchev–Trinajstić information content (AvgIpc) is 3.21. The van der Waals surface area contributed by atoms with Crippen LogP contribution in [0, 0.1) is 17.8 Å². The first-order valence-corrected chi connectivity index (χ1v) is 20.4. The van der Waals surface area contributed by atoms with Crippen LogP contribution in [0.1, 0.15) is 56.4 Å². The Bertz CT molecular complexity index is 1570. The minimum absolute atomic E-state index is 0.0826. The number of ether oxygens (including phenoxy) is 5. The van der Waals surface area contributed by atoms with Gasteiger partial charge in [-0.3, -0.25) is 4.90 Å². The summed E-state index contributed by atoms with van der Waals surface area (Å²) in [6, 6.07) is 15.5. The molecule has 13 heteroatoms. The molecule has 3 aliphatic rings. The zero-order valence-electron chi connectivity index (χ0n) is 32.2. The van der Waals surface area contributed by atoms with Gasteiger partial charge >= 0.3 is 6.09 Å². The first-order valence-electron chi connectivity index (χ1n) is 19.4. The first kappa shape index (κ1) is 42.6. The number of carbonyl (C=O) groups is 1. The highest BCUT2D eigenvalue weighted by atomic mass is 32.2. The Balaban J connectivity index is 1.65. The summed E-state index contributed by atoms with van der Waals surface area (Å²) in [4.78, 5) is 22.0. The van der Waals surface area contributed by atoms with E-state index in [0.29, 0.717) is 30.9 Å². The fourth-order valence-electron chi connectivity index (χ4n) is 8.51. The number of thioether (sulfide) groups is 1. The van der Waals surface area contributed by atoms with Crippen LogP contribution < -0.4 is 9.47 Å². The summed E-state index contributed by atoms with van der Waals surface area (Å²) in [7, 11) is 2.86. The standard InChI is InChI=1S/C42H58N2O10S/c1-4-22-53-42-38(44(41(48)49-2)18-23-51-24-21-47)29-36(43-50-3)34-27-30(12-8-10-19-45)33(15-9-11-20-46)39(40(34)42)35-28-31(16-17-37(35)54-42)52-25-26-55-32-13-6-5-7-14-32/h4-7,13-14,16-17,27-28,30,33,38-40,45-47H,1,8-12,15,18-26,29H2,2-3H3. The minimum Gasteiger partial charge on any atom is -0.493 e. The second kappa shape index (κ2) is 21.6. The van der Waals surface area contributed by atoms with Crippen molar-refractivity contribution in [1.82, 2.24) is 4.90 Å². The molecule has 0 radical (unpaired) electrons. The van der Waals surface area contributed by atoms with Crippen molar-refractivity contribution in [2.24, 2.45) is 22.9 Å². The van der Waals surface area contributed by atoms with Crippen LogP contribution in [0.5, 0.6) is 11.5 Å². The van der Waals surface area contributed by atoms with E-state index in [1.54, 1.807) is 22.7 Å². The van der Waals surface area contributed by atoms with Gasteiger partial charge in [-0.05, 0) is 73.4 Å². The van der Waals surface area contributed by atoms with Gasteiger partial charge in [0.1, 0.15) is 24.7 Å². The lowest BCUT2D eigenvalue weighted by Crippen LogP contribution is -2.70. The summed E-state index contributed by atoms with van der Waals surface area (Å²) in [6.45, 7) is 5.10. The monoisotopic (exact) mass is 782 g/mol. The van der Waals surface area contributed by atoms with E-state index in [-0.39, 0.29) is 70.4 Å². The van der Waals surface area contributed by atoms with Gasteiger partial charge in [0.25, 0.3) is 0 Å². The normalized spacial score (nSPS) is 24.6. The van der Waals surface area contributed by atoms with Crippen LogP contribution in [0.25, 0.3) is 0 Å². The third kappa shape index (κ3) is 10.2. The molecule has 5 rings (SSSR count). The number of allylic oxidation sites excluding steroid dienone is 1. The SMILES string of the molecule is C=CCOC12Oc3ccc(OCCSc4ccccc4)cc3C3C(CCCCO)C(CCCCO)C=C(C(=NOC)CC1N(CCOCCO)C(=O)OC)C32. The van der Waals surface area contributed by atoms with Crippen molar-refractivity contribution in [2.45, 2.75) is 67.6 Å². The van der Waals surface area contributed by atoms with Crippen LogP contribution in [0.2, 0.25) is 0 Å². The largest absolute Gasteiger partial charge is 0.493 e. The fourth-order valence-corrected chi connectivity index (χ4v) is 9.26. The molecule has 302 valence electrons. The quantitative estimate of drug-likeness (QED) is 0.0513. The number of benzene rings is 2. The van der Waals surface area contributed by atoms with E-state index >= 15 is 0 Å². The van der Waals surface area contributed by atoms with Gasteiger partial charge in [0.05, 0.1) is 51.8 Å². The molecule has 3 N–H and O–H groups in total. The molecule has 1 aliphatic heterocycles. The van der Waals surface area contributed by atoms with Crippen molar-refractivity contribution in [2.75, 3.05) is 72.8 Å². The van der Waals surface area contributed by atoms with E-state index in [1.165, 1.54) is 19.1 Å². The topological polar surface area (TPSA) is 149 Å². The number of hydrogen-bond acceptors (Lipinski definition) is 12. The lowest BCUT2D eigenvalue weighted by atomic mass is 9.55. The second-order valence-electron chi connectivity index (χ2n) is 14.0. The molecule has 6 atom stereocenters. The highest BCUT2D eigenvalue weighted by molar-refractivity contribution is 7.99. The Morgan fingerprint density at radius 3 is 2.51 bits per heavy atom. The molecule has 2 aliphatic carbocycles. The van der Waals surface area contributed by atoms with Crippen LogP contribution in [-0.2, 0) is 19.0 Å². The number of aliphatic hydroxyl groups excluding tert-OH is 3. The van der Waals surface area contributed by atoms with Crippen molar-refractivity contribution in [3.05, 3.63) is 78.4 Å². The van der Waals surface area contributed by atoms with Crippen LogP contribution in [0.15, 0.2) is 82.9 Å². The van der Waals surface area contributed by atoms with Crippen molar-refractivity contribution in [3.63, 3.8) is 0 Å². The van der Waals surface area contributed by atoms with Crippen LogP contribution >= 0.6 is 11.8 Å². The van der Waals surface area contributed by atoms with Crippen molar-refractivity contribution in [1.29, 1.82) is 0 Å². The third-order valence-corrected chi connectivity index (χ3v) is 11.7. The molecule has 1 saturated carbocycles. The Morgan fingerprint density at radius 1 is 1.02 bits per heavy atom. The van der Waals surface area contributed by atoms with E-state index < -0.39 is 23.8 Å². The van der Waals surface area contributed by atoms with Gasteiger partial charge in [-0.25, -0.2) is 4.79 Å². The molecule has 12 nitrogen and oxygen atoms in total. The predicted octanol–water partition coefficient (Wildman–Crippen LogP) is 6.20. The summed E-state index contributed by atoms with van der Waals surface area (Å²) in [5, 5.41) is 33.6. The number of rotatable bonds is 23. The van der Waals surface area contributed by atoms with E-state index in [1.807, 2.05) is 30.3 Å². The molecule has 55 heavy (non-hydrogen) atoms. The molecule has 2 aromatic rings. The Labute approximate surface area is 329 Å². The summed E-state index contributed by atoms with van der Waals surface area (Å²) >= 11 is 1.74. The third-order valence-electron chi connectivity index (χ3n) is 10.7. The number of nitrogens with zero attached hydrogens (tertiary/aromatic N) is 2. The maximum absolute atomic E-state index is 13.7. The molecule has 6 unspecified atom stereocenters. The molecule has 1 heterocycles. The van der Waals surface area contributed by atoms with Crippen molar-refractivity contribution >= 4 is 23.6 Å². The predicted molar refractivity (Wildman–Crippen MR) is 212 cm³/mol. The number of amides is 1. The number of methoxy groups -OCH3 is 1. The molecule has 0 spiro atoms. The molecule has 2 aromatic carbocycles. The number of oxime groups is 1. The molecule has 0 aromatic heterocycles. The molecule has 1 fully saturated rings. The zero-order valence-corrected chi connectivity index (χ0v) is 33.0. The summed E-state index contributed by atoms with van der Waals surface area (Å²) in [6.07, 6.45) is 8.31. The van der Waals surface area contributed by atoms with Gasteiger partial charge in [0, 0.05) is 48.3 Å². The molecule has 0 bridgehead atoms. The van der Waals surface area contributed by atoms with Gasteiger partial charge in [-0.15, -0.1) is 18.3 Å². The number of aliphatic hydroxyl groups is 3. The second-order valence-corrected chi connectivity index (χ2v) is 15.1. The summed E-state index contributed by atoms with van der Waals surface area (Å²) in [5.41, 5.74) is 2.61. The highest BCUT2D eigenvalue weighted by Crippen LogP contribution is 2.62. The number of fused-ring (bicyclic) bond motifs is 2. The summed E-state index contributed by atoms with van der Waals surface area (Å²) < 4.78 is 31.5. The lowest BCUT2D eigenvalue weighted by Gasteiger charge is -2.59. The van der Waals surface area contributed by atoms with E-state index in [9.17, 15) is 20.1 Å². The van der Waals surface area contributed by atoms with E-state index in [2.05, 4.69) is 36.0 Å². The van der Waals surface area contributed by atoms with Gasteiger partial charge < -0.3 is 43.8 Å². The van der Waals surface area contributed by atoms with Crippen molar-refractivity contribution < 1.29 is 48.6 Å². The van der Waals surface area contributed by atoms with Crippen LogP contribution in [0.3, 0.4) is 0 Å². The maximum Gasteiger partial charge on any atom is 0.410 e. The molecular weight excluding hydrogens is 725 g/mol. The molecular formula is C42H58N2O10S. The maximum atomic E-state index is 13.7. The van der Waals surface area contributed by atoms with Gasteiger partial charge in [0.2, 0.25) is 5.79 Å². The molecule has 0 saturated heterocycles. The molecule has 1 amide bonds. The Kier molecular flexibility index (Phi) is 16.7. The minimum atomic E-state index is -1.41. The average molecular weight is 783 g/mol. The van der Waals surface area contributed by atoms with E-state index in [0.717, 1.165) is 48.3 Å². The van der Waals surface area contributed by atoms with Gasteiger partial charge in [-0.2, -0.15) is 0 Å². The zero-order chi connectivity index (χ0) is 39.0. The summed E-state index contributed by atoms with van der Waals surface area (Å²) in [5.74, 6) is 0.299. The van der Waals surface area contributed by atoms with E-state index in [4.69, 9.17) is 28.5 Å². The van der Waals surface area contributed by atoms with Crippen molar-refractivity contribution in [3.8, 4) is 11.5 Å². The number of unbranched alkanes of at least 4 members (excludes halogenated alkanes) is 2. The number of carbonyl (C=O) groups excluding carboxylic acids is 1. The fraction of sp³-hybridized carbons (Fsp3) is 0.571. The first-order chi connectivity index (χ1) is 27.0. The van der Waals surface area contributed by atoms with Gasteiger partial charge in [-0.1, -0.05) is 48.3 Å². The highest BCUT2D eigenvalue weighted by Gasteiger charge is 2.65. The number of hydrogen-bond donors (Lipinski definition) is 3. The van der Waals surface area contributed by atoms with Crippen LogP contribution in [-0.4, -0.2) is 117 Å².